The van der Waals surface area contributed by atoms with E-state index in [1.165, 1.54) is 128 Å². The highest BCUT2D eigenvalue weighted by molar-refractivity contribution is 5.70. The van der Waals surface area contributed by atoms with E-state index < -0.39 is 6.10 Å². The molecular formula is C59H104O5. The quantitative estimate of drug-likeness (QED) is 0.0346. The third-order valence-electron chi connectivity index (χ3n) is 11.7. The van der Waals surface area contributed by atoms with Gasteiger partial charge in [-0.05, 0) is 83.5 Å². The molecule has 370 valence electrons. The van der Waals surface area contributed by atoms with E-state index in [0.717, 1.165) is 103 Å². The Morgan fingerprint density at radius 1 is 0.359 bits per heavy atom. The van der Waals surface area contributed by atoms with Gasteiger partial charge < -0.3 is 14.2 Å². The van der Waals surface area contributed by atoms with Gasteiger partial charge in [-0.3, -0.25) is 9.59 Å². The summed E-state index contributed by atoms with van der Waals surface area (Å²) in [6, 6.07) is 0. The number of hydrogen-bond acceptors (Lipinski definition) is 5. The molecule has 1 unspecified atom stereocenters. The van der Waals surface area contributed by atoms with E-state index in [4.69, 9.17) is 14.2 Å². The molecule has 0 amide bonds. The summed E-state index contributed by atoms with van der Waals surface area (Å²) >= 11 is 0. The Hall–Kier alpha value is -2.66. The molecule has 1 atom stereocenters. The maximum atomic E-state index is 12.8. The summed E-state index contributed by atoms with van der Waals surface area (Å²) < 4.78 is 17.4. The van der Waals surface area contributed by atoms with Gasteiger partial charge in [-0.25, -0.2) is 0 Å². The van der Waals surface area contributed by atoms with Gasteiger partial charge in [0.1, 0.15) is 6.61 Å². The van der Waals surface area contributed by atoms with Crippen molar-refractivity contribution in [1.29, 1.82) is 0 Å². The van der Waals surface area contributed by atoms with Gasteiger partial charge in [0.05, 0.1) is 6.61 Å². The van der Waals surface area contributed by atoms with E-state index in [0.29, 0.717) is 19.4 Å². The fourth-order valence-electron chi connectivity index (χ4n) is 7.72. The molecule has 0 aromatic heterocycles. The highest BCUT2D eigenvalue weighted by atomic mass is 16.6. The molecule has 0 aromatic rings. The van der Waals surface area contributed by atoms with E-state index in [2.05, 4.69) is 93.7 Å². The number of carbonyl (C=O) groups excluding carboxylic acids is 2. The number of rotatable bonds is 50. The van der Waals surface area contributed by atoms with E-state index >= 15 is 0 Å². The van der Waals surface area contributed by atoms with Crippen LogP contribution in [-0.2, 0) is 23.8 Å². The van der Waals surface area contributed by atoms with Crippen LogP contribution in [-0.4, -0.2) is 37.9 Å². The van der Waals surface area contributed by atoms with Crippen molar-refractivity contribution in [3.8, 4) is 0 Å². The average molecular weight is 893 g/mol. The summed E-state index contributed by atoms with van der Waals surface area (Å²) in [7, 11) is 0. The molecule has 0 bridgehead atoms. The highest BCUT2D eigenvalue weighted by Crippen LogP contribution is 2.16. The van der Waals surface area contributed by atoms with Gasteiger partial charge in [0.15, 0.2) is 6.10 Å². The van der Waals surface area contributed by atoms with Crippen molar-refractivity contribution in [1.82, 2.24) is 0 Å². The molecule has 0 aromatic carbocycles. The van der Waals surface area contributed by atoms with Gasteiger partial charge in [-0.15, -0.1) is 0 Å². The first-order chi connectivity index (χ1) is 31.6. The summed E-state index contributed by atoms with van der Waals surface area (Å²) in [5.74, 6) is -0.429. The van der Waals surface area contributed by atoms with Crippen LogP contribution < -0.4 is 0 Å². The molecule has 0 aliphatic carbocycles. The molecular weight excluding hydrogens is 789 g/mol. The van der Waals surface area contributed by atoms with Crippen molar-refractivity contribution in [2.45, 2.75) is 271 Å². The first-order valence-electron chi connectivity index (χ1n) is 27.5. The summed E-state index contributed by atoms with van der Waals surface area (Å²) in [5, 5.41) is 0. The highest BCUT2D eigenvalue weighted by Gasteiger charge is 2.17. The number of hydrogen-bond donors (Lipinski definition) is 0. The van der Waals surface area contributed by atoms with Crippen molar-refractivity contribution in [3.63, 3.8) is 0 Å². The van der Waals surface area contributed by atoms with E-state index in [1.807, 2.05) is 0 Å². The smallest absolute Gasteiger partial charge is 0.306 e. The predicted molar refractivity (Wildman–Crippen MR) is 279 cm³/mol. The standard InChI is InChI=1S/C59H104O5/c1-4-7-10-13-16-19-22-25-28-29-30-33-36-39-42-45-48-51-54-62-55-57(64-59(61)53-50-47-44-41-38-35-32-27-24-21-18-15-12-9-6-3)56-63-58(60)52-49-46-43-40-37-34-31-26-23-20-17-14-11-8-5-2/h8-9,11-12,17-18,20-21,26-27,31-32,57H,4-7,10,13-16,19,22-25,28-30,33-56H2,1-3H3/b11-8-,12-9-,20-17-,21-18-,31-26-,32-27-. The molecule has 0 spiro atoms. The van der Waals surface area contributed by atoms with E-state index in [9.17, 15) is 9.59 Å². The molecule has 0 fully saturated rings. The van der Waals surface area contributed by atoms with Gasteiger partial charge in [0, 0.05) is 19.4 Å². The molecule has 0 heterocycles. The molecule has 0 aliphatic heterocycles. The molecule has 0 rings (SSSR count). The second-order valence-electron chi connectivity index (χ2n) is 18.1. The summed E-state index contributed by atoms with van der Waals surface area (Å²) in [6.45, 7) is 7.60. The average Bonchev–Trinajstić information content (AvgIpc) is 3.30. The van der Waals surface area contributed by atoms with Gasteiger partial charge in [-0.1, -0.05) is 241 Å². The maximum Gasteiger partial charge on any atom is 0.306 e. The summed E-state index contributed by atoms with van der Waals surface area (Å²) in [6.07, 6.45) is 70.6. The zero-order valence-electron chi connectivity index (χ0n) is 42.5. The minimum Gasteiger partial charge on any atom is -0.462 e. The first-order valence-corrected chi connectivity index (χ1v) is 27.5. The minimum absolute atomic E-state index is 0.0693. The van der Waals surface area contributed by atoms with Crippen molar-refractivity contribution >= 4 is 11.9 Å². The fourth-order valence-corrected chi connectivity index (χ4v) is 7.72. The topological polar surface area (TPSA) is 61.8 Å². The molecule has 5 nitrogen and oxygen atoms in total. The van der Waals surface area contributed by atoms with Crippen molar-refractivity contribution in [2.24, 2.45) is 0 Å². The second kappa shape index (κ2) is 54.7. The van der Waals surface area contributed by atoms with E-state index in [-0.39, 0.29) is 25.2 Å². The largest absolute Gasteiger partial charge is 0.462 e. The van der Waals surface area contributed by atoms with Crippen molar-refractivity contribution < 1.29 is 23.8 Å². The lowest BCUT2D eigenvalue weighted by Crippen LogP contribution is -2.30. The molecule has 0 radical (unpaired) electrons. The van der Waals surface area contributed by atoms with Crippen LogP contribution in [0.2, 0.25) is 0 Å². The minimum atomic E-state index is -0.553. The normalized spacial score (nSPS) is 12.7. The van der Waals surface area contributed by atoms with Crippen molar-refractivity contribution in [3.05, 3.63) is 72.9 Å². The number of allylic oxidation sites excluding steroid dienone is 12. The van der Waals surface area contributed by atoms with Crippen LogP contribution in [0, 0.1) is 0 Å². The van der Waals surface area contributed by atoms with Crippen LogP contribution in [0.5, 0.6) is 0 Å². The van der Waals surface area contributed by atoms with Crippen LogP contribution in [0.3, 0.4) is 0 Å². The number of esters is 2. The molecule has 0 saturated heterocycles. The Morgan fingerprint density at radius 2 is 0.703 bits per heavy atom. The summed E-state index contributed by atoms with van der Waals surface area (Å²) in [5.41, 5.74) is 0. The van der Waals surface area contributed by atoms with Crippen LogP contribution in [0.25, 0.3) is 0 Å². The van der Waals surface area contributed by atoms with Gasteiger partial charge >= 0.3 is 11.9 Å². The Labute approximate surface area is 397 Å². The lowest BCUT2D eigenvalue weighted by Gasteiger charge is -2.18. The maximum absolute atomic E-state index is 12.8. The summed E-state index contributed by atoms with van der Waals surface area (Å²) in [4.78, 5) is 25.4. The van der Waals surface area contributed by atoms with E-state index in [1.54, 1.807) is 0 Å². The Kier molecular flexibility index (Phi) is 52.4. The zero-order chi connectivity index (χ0) is 46.3. The lowest BCUT2D eigenvalue weighted by molar-refractivity contribution is -0.163. The Morgan fingerprint density at radius 3 is 1.12 bits per heavy atom. The number of ether oxygens (including phenoxy) is 3. The predicted octanol–water partition coefficient (Wildman–Crippen LogP) is 18.7. The molecule has 64 heavy (non-hydrogen) atoms. The first kappa shape index (κ1) is 61.3. The zero-order valence-corrected chi connectivity index (χ0v) is 42.5. The molecule has 5 heteroatoms. The fraction of sp³-hybridized carbons (Fsp3) is 0.763. The third kappa shape index (κ3) is 52.0. The second-order valence-corrected chi connectivity index (χ2v) is 18.1. The van der Waals surface area contributed by atoms with Gasteiger partial charge in [0.2, 0.25) is 0 Å². The number of unbranched alkanes of at least 4 members (excludes halogenated alkanes) is 27. The van der Waals surface area contributed by atoms with Crippen LogP contribution in [0.1, 0.15) is 265 Å². The Bertz CT molecular complexity index is 1150. The number of carbonyl (C=O) groups is 2. The Balaban J connectivity index is 4.29. The van der Waals surface area contributed by atoms with Gasteiger partial charge in [0.25, 0.3) is 0 Å². The van der Waals surface area contributed by atoms with Crippen LogP contribution >= 0.6 is 0 Å². The van der Waals surface area contributed by atoms with Gasteiger partial charge in [-0.2, -0.15) is 0 Å². The molecule has 0 N–H and O–H groups in total. The lowest BCUT2D eigenvalue weighted by atomic mass is 10.0. The SMILES string of the molecule is CC/C=C\C/C=C\C/C=C\CCCCCCCC(=O)OCC(COCCCCCCCCCCCCCCCCCCCC)OC(=O)CCCCCCC/C=C\C/C=C\C/C=C\CC. The molecule has 0 saturated carbocycles. The van der Waals surface area contributed by atoms with Crippen molar-refractivity contribution in [2.75, 3.05) is 19.8 Å². The molecule has 0 aliphatic rings. The van der Waals surface area contributed by atoms with Crippen LogP contribution in [0.4, 0.5) is 0 Å². The third-order valence-corrected chi connectivity index (χ3v) is 11.7. The van der Waals surface area contributed by atoms with Crippen LogP contribution in [0.15, 0.2) is 72.9 Å². The monoisotopic (exact) mass is 893 g/mol.